The maximum atomic E-state index is 14.7. The quantitative estimate of drug-likeness (QED) is 0.547. The number of rotatable bonds is 9. The van der Waals surface area contributed by atoms with E-state index in [9.17, 15) is 14.0 Å². The molecule has 0 fully saturated rings. The summed E-state index contributed by atoms with van der Waals surface area (Å²) < 4.78 is 30.8. The molecule has 3 rings (SSSR count). The van der Waals surface area contributed by atoms with Crippen LogP contribution in [0, 0.1) is 5.82 Å². The van der Waals surface area contributed by atoms with Gasteiger partial charge >= 0.3 is 6.03 Å². The number of carbonyl (C=O) groups is 2. The van der Waals surface area contributed by atoms with Gasteiger partial charge in [0.05, 0.1) is 32.6 Å². The van der Waals surface area contributed by atoms with Gasteiger partial charge in [-0.15, -0.1) is 0 Å². The predicted molar refractivity (Wildman–Crippen MR) is 138 cm³/mol. The van der Waals surface area contributed by atoms with Gasteiger partial charge in [0.25, 0.3) is 5.91 Å². The Kier molecular flexibility index (Phi) is 9.09. The smallest absolute Gasteiger partial charge is 0.318 e. The summed E-state index contributed by atoms with van der Waals surface area (Å²) in [6.07, 6.45) is 0.252. The van der Waals surface area contributed by atoms with Crippen molar-refractivity contribution in [3.05, 3.63) is 59.4 Å². The second-order valence-electron chi connectivity index (χ2n) is 9.69. The number of nitrogens with one attached hydrogen (secondary N) is 1. The number of urea groups is 1. The Labute approximate surface area is 217 Å². The van der Waals surface area contributed by atoms with E-state index in [4.69, 9.17) is 14.2 Å². The van der Waals surface area contributed by atoms with Crippen LogP contribution in [0.1, 0.15) is 44.4 Å². The van der Waals surface area contributed by atoms with Gasteiger partial charge in [-0.05, 0) is 45.0 Å². The first-order valence-electron chi connectivity index (χ1n) is 12.0. The molecule has 1 N–H and O–H groups in total. The highest BCUT2D eigenvalue weighted by Gasteiger charge is 2.37. The third kappa shape index (κ3) is 6.97. The second kappa shape index (κ2) is 12.1. The summed E-state index contributed by atoms with van der Waals surface area (Å²) in [5, 5.41) is 8.74. The molecule has 9 nitrogen and oxygen atoms in total. The molecule has 1 heterocycles. The lowest BCUT2D eigenvalue weighted by Gasteiger charge is -2.30. The summed E-state index contributed by atoms with van der Waals surface area (Å²) in [5.41, 5.74) is 0.898. The van der Waals surface area contributed by atoms with Crippen LogP contribution in [-0.4, -0.2) is 74.1 Å². The maximum Gasteiger partial charge on any atom is 0.318 e. The molecule has 3 amide bonds. The molecule has 0 spiro atoms. The van der Waals surface area contributed by atoms with Gasteiger partial charge in [-0.1, -0.05) is 18.2 Å². The highest BCUT2D eigenvalue weighted by atomic mass is 19.1. The van der Waals surface area contributed by atoms with Crippen LogP contribution in [0.4, 0.5) is 9.18 Å². The highest BCUT2D eigenvalue weighted by molar-refractivity contribution is 6.03. The molecule has 2 aromatic rings. The molecule has 0 bridgehead atoms. The van der Waals surface area contributed by atoms with Gasteiger partial charge in [0.2, 0.25) is 0 Å². The molecular formula is C27H35FN4O5. The topological polar surface area (TPSA) is 92.7 Å². The van der Waals surface area contributed by atoms with Crippen molar-refractivity contribution in [2.24, 2.45) is 5.10 Å². The Bertz CT molecular complexity index is 1150. The van der Waals surface area contributed by atoms with Crippen molar-refractivity contribution in [3.63, 3.8) is 0 Å². The number of halogens is 1. The van der Waals surface area contributed by atoms with E-state index >= 15 is 0 Å². The molecule has 1 atom stereocenters. The van der Waals surface area contributed by atoms with E-state index in [1.165, 1.54) is 30.2 Å². The van der Waals surface area contributed by atoms with Crippen LogP contribution in [0.2, 0.25) is 0 Å². The summed E-state index contributed by atoms with van der Waals surface area (Å²) in [6, 6.07) is 10.6. The van der Waals surface area contributed by atoms with E-state index in [1.54, 1.807) is 43.5 Å². The lowest BCUT2D eigenvalue weighted by molar-refractivity contribution is -0.133. The number of ether oxygens (including phenoxy) is 3. The molecule has 37 heavy (non-hydrogen) atoms. The van der Waals surface area contributed by atoms with Gasteiger partial charge in [-0.2, -0.15) is 5.10 Å². The van der Waals surface area contributed by atoms with Crippen LogP contribution in [0.5, 0.6) is 11.5 Å². The van der Waals surface area contributed by atoms with Crippen LogP contribution in [0.3, 0.4) is 0 Å². The lowest BCUT2D eigenvalue weighted by atomic mass is 9.97. The molecular weight excluding hydrogens is 479 g/mol. The summed E-state index contributed by atoms with van der Waals surface area (Å²) in [5.74, 6) is 0.253. The molecule has 0 aromatic heterocycles. The zero-order valence-electron chi connectivity index (χ0n) is 22.2. The van der Waals surface area contributed by atoms with Crippen LogP contribution >= 0.6 is 0 Å². The fraction of sp³-hybridized carbons (Fsp3) is 0.444. The Balaban J connectivity index is 1.99. The zero-order valence-corrected chi connectivity index (χ0v) is 22.2. The summed E-state index contributed by atoms with van der Waals surface area (Å²) in [7, 11) is 4.61. The number of methoxy groups -OCH3 is 3. The van der Waals surface area contributed by atoms with Gasteiger partial charge in [-0.3, -0.25) is 4.79 Å². The normalized spacial score (nSPS) is 15.3. The van der Waals surface area contributed by atoms with Gasteiger partial charge in [-0.25, -0.2) is 14.2 Å². The molecule has 1 aliphatic heterocycles. The first-order chi connectivity index (χ1) is 17.6. The summed E-state index contributed by atoms with van der Waals surface area (Å²) in [6.45, 7) is 5.78. The van der Waals surface area contributed by atoms with Crippen LogP contribution in [0.25, 0.3) is 0 Å². The van der Waals surface area contributed by atoms with Gasteiger partial charge < -0.3 is 24.4 Å². The molecule has 0 unspecified atom stereocenters. The molecule has 0 radical (unpaired) electrons. The highest BCUT2D eigenvalue weighted by Crippen LogP contribution is 2.39. The van der Waals surface area contributed by atoms with Gasteiger partial charge in [0, 0.05) is 36.7 Å². The van der Waals surface area contributed by atoms with Crippen LogP contribution in [-0.2, 0) is 9.53 Å². The number of nitrogens with zero attached hydrogens (tertiary/aromatic N) is 3. The number of carbonyl (C=O) groups excluding carboxylic acids is 2. The lowest BCUT2D eigenvalue weighted by Crippen LogP contribution is -2.52. The standard InChI is InChI=1S/C27H35FN4O5/c1-27(2,3)29-26(34)31(13-14-35-4)17-25(33)32-23(20-15-18(36-5)11-12-24(20)37-6)16-22(30-32)19-9-7-8-10-21(19)28/h7-12,15,23H,13-14,16-17H2,1-6H3,(H,29,34)/t23-/m0/s1. The minimum Gasteiger partial charge on any atom is -0.497 e. The van der Waals surface area contributed by atoms with Gasteiger partial charge in [0.15, 0.2) is 0 Å². The van der Waals surface area contributed by atoms with Gasteiger partial charge in [0.1, 0.15) is 23.9 Å². The van der Waals surface area contributed by atoms with E-state index in [1.807, 2.05) is 20.8 Å². The molecule has 0 saturated carbocycles. The average Bonchev–Trinajstić information content (AvgIpc) is 3.30. The van der Waals surface area contributed by atoms with E-state index in [0.717, 1.165) is 0 Å². The van der Waals surface area contributed by atoms with E-state index in [2.05, 4.69) is 10.4 Å². The minimum absolute atomic E-state index is 0.203. The Hall–Kier alpha value is -3.66. The maximum absolute atomic E-state index is 14.7. The monoisotopic (exact) mass is 514 g/mol. The minimum atomic E-state index is -0.595. The number of hydrazone groups is 1. The fourth-order valence-electron chi connectivity index (χ4n) is 4.03. The summed E-state index contributed by atoms with van der Waals surface area (Å²) >= 11 is 0. The van der Waals surface area contributed by atoms with E-state index in [-0.39, 0.29) is 26.1 Å². The molecule has 200 valence electrons. The Morgan fingerprint density at radius 3 is 2.49 bits per heavy atom. The molecule has 2 aromatic carbocycles. The van der Waals surface area contributed by atoms with E-state index in [0.29, 0.717) is 28.3 Å². The molecule has 0 saturated heterocycles. The second-order valence-corrected chi connectivity index (χ2v) is 9.69. The van der Waals surface area contributed by atoms with Crippen molar-refractivity contribution >= 4 is 17.6 Å². The largest absolute Gasteiger partial charge is 0.497 e. The van der Waals surface area contributed by atoms with E-state index < -0.39 is 29.3 Å². The number of benzene rings is 2. The Morgan fingerprint density at radius 1 is 1.14 bits per heavy atom. The third-order valence-electron chi connectivity index (χ3n) is 5.81. The van der Waals surface area contributed by atoms with Crippen LogP contribution in [0.15, 0.2) is 47.6 Å². The first-order valence-corrected chi connectivity index (χ1v) is 12.0. The van der Waals surface area contributed by atoms with Crippen LogP contribution < -0.4 is 14.8 Å². The van der Waals surface area contributed by atoms with Crippen molar-refractivity contribution in [3.8, 4) is 11.5 Å². The molecule has 0 aliphatic carbocycles. The predicted octanol–water partition coefficient (Wildman–Crippen LogP) is 3.98. The Morgan fingerprint density at radius 2 is 1.86 bits per heavy atom. The SMILES string of the molecule is COCCN(CC(=O)N1N=C(c2ccccc2F)C[C@H]1c1cc(OC)ccc1OC)C(=O)NC(C)(C)C. The first kappa shape index (κ1) is 27.9. The molecule has 1 aliphatic rings. The summed E-state index contributed by atoms with van der Waals surface area (Å²) in [4.78, 5) is 28.0. The van der Waals surface area contributed by atoms with Crippen molar-refractivity contribution in [2.75, 3.05) is 41.0 Å². The third-order valence-corrected chi connectivity index (χ3v) is 5.81. The van der Waals surface area contributed by atoms with Crippen molar-refractivity contribution in [1.29, 1.82) is 0 Å². The molecule has 10 heteroatoms. The fourth-order valence-corrected chi connectivity index (χ4v) is 4.03. The zero-order chi connectivity index (χ0) is 27.2. The van der Waals surface area contributed by atoms with Crippen molar-refractivity contribution < 1.29 is 28.2 Å². The van der Waals surface area contributed by atoms with Crippen molar-refractivity contribution in [2.45, 2.75) is 38.8 Å². The number of hydrogen-bond acceptors (Lipinski definition) is 6. The average molecular weight is 515 g/mol. The number of hydrogen-bond donors (Lipinski definition) is 1. The van der Waals surface area contributed by atoms with Crippen molar-refractivity contribution in [1.82, 2.24) is 15.2 Å². The number of amides is 3.